The number of aliphatic hydroxyl groups excluding tert-OH is 1. The van der Waals surface area contributed by atoms with E-state index in [1.54, 1.807) is 19.5 Å². The summed E-state index contributed by atoms with van der Waals surface area (Å²) in [5, 5.41) is 24.3. The van der Waals surface area contributed by atoms with Crippen molar-refractivity contribution in [3.63, 3.8) is 0 Å². The predicted octanol–water partition coefficient (Wildman–Crippen LogP) is 3.59. The van der Waals surface area contributed by atoms with Crippen molar-refractivity contribution in [2.75, 3.05) is 26.7 Å². The van der Waals surface area contributed by atoms with Crippen molar-refractivity contribution in [3.05, 3.63) is 52.6 Å². The van der Waals surface area contributed by atoms with E-state index in [-0.39, 0.29) is 5.92 Å². The van der Waals surface area contributed by atoms with Crippen molar-refractivity contribution in [3.8, 4) is 17.6 Å². The lowest BCUT2D eigenvalue weighted by Crippen LogP contribution is -2.44. The van der Waals surface area contributed by atoms with E-state index in [9.17, 15) is 15.0 Å². The number of carboxylic acids is 1. The summed E-state index contributed by atoms with van der Waals surface area (Å²) < 4.78 is 5.32. The molecule has 1 aliphatic rings. The van der Waals surface area contributed by atoms with Gasteiger partial charge in [0, 0.05) is 29.7 Å². The zero-order chi connectivity index (χ0) is 23.2. The maximum atomic E-state index is 12.0. The van der Waals surface area contributed by atoms with E-state index in [1.807, 2.05) is 29.6 Å². The predicted molar refractivity (Wildman–Crippen MR) is 127 cm³/mol. The molecule has 1 aromatic carbocycles. The van der Waals surface area contributed by atoms with Crippen molar-refractivity contribution >= 4 is 28.2 Å². The molecule has 8 heteroatoms. The van der Waals surface area contributed by atoms with Crippen molar-refractivity contribution in [1.82, 2.24) is 14.9 Å². The maximum Gasteiger partial charge on any atom is 0.308 e. The molecule has 0 bridgehead atoms. The SMILES string of the molecule is COc1ccc2nccc(C(O)CC[C@@H]3CCN(CC#Cc4nccs4)C[C@@H]3C(=O)O)c2c1. The summed E-state index contributed by atoms with van der Waals surface area (Å²) >= 11 is 1.49. The fourth-order valence-electron chi connectivity index (χ4n) is 4.44. The highest BCUT2D eigenvalue weighted by Gasteiger charge is 2.34. The van der Waals surface area contributed by atoms with E-state index >= 15 is 0 Å². The highest BCUT2D eigenvalue weighted by molar-refractivity contribution is 7.10. The smallest absolute Gasteiger partial charge is 0.308 e. The van der Waals surface area contributed by atoms with Crippen molar-refractivity contribution in [2.24, 2.45) is 11.8 Å². The topological polar surface area (TPSA) is 95.8 Å². The number of fused-ring (bicyclic) bond motifs is 1. The third-order valence-electron chi connectivity index (χ3n) is 6.24. The Morgan fingerprint density at radius 3 is 2.97 bits per heavy atom. The average molecular weight is 466 g/mol. The quantitative estimate of drug-likeness (QED) is 0.515. The van der Waals surface area contributed by atoms with Gasteiger partial charge in [-0.25, -0.2) is 4.98 Å². The Kier molecular flexibility index (Phi) is 7.55. The first-order valence-corrected chi connectivity index (χ1v) is 11.9. The molecule has 33 heavy (non-hydrogen) atoms. The molecule has 1 unspecified atom stereocenters. The molecule has 1 aliphatic heterocycles. The monoisotopic (exact) mass is 465 g/mol. The van der Waals surface area contributed by atoms with Gasteiger partial charge in [-0.05, 0) is 67.5 Å². The van der Waals surface area contributed by atoms with Crippen LogP contribution in [0.25, 0.3) is 10.9 Å². The molecule has 4 rings (SSSR count). The van der Waals surface area contributed by atoms with Crippen molar-refractivity contribution in [2.45, 2.75) is 25.4 Å². The molecule has 0 amide bonds. The van der Waals surface area contributed by atoms with Gasteiger partial charge in [-0.3, -0.25) is 14.7 Å². The number of aliphatic carboxylic acids is 1. The van der Waals surface area contributed by atoms with Crippen LogP contribution in [0.1, 0.15) is 35.9 Å². The molecule has 7 nitrogen and oxygen atoms in total. The van der Waals surface area contributed by atoms with Crippen LogP contribution < -0.4 is 4.74 Å². The minimum Gasteiger partial charge on any atom is -0.497 e. The number of thiazole rings is 1. The second-order valence-electron chi connectivity index (χ2n) is 8.24. The summed E-state index contributed by atoms with van der Waals surface area (Å²) in [5.74, 6) is 5.60. The van der Waals surface area contributed by atoms with Gasteiger partial charge in [0.1, 0.15) is 5.75 Å². The zero-order valence-electron chi connectivity index (χ0n) is 18.5. The molecule has 3 heterocycles. The molecule has 0 spiro atoms. The minimum absolute atomic E-state index is 0.0166. The Hall–Kier alpha value is -2.99. The number of piperidine rings is 1. The van der Waals surface area contributed by atoms with E-state index in [0.29, 0.717) is 31.7 Å². The van der Waals surface area contributed by atoms with Crippen LogP contribution in [0, 0.1) is 23.7 Å². The van der Waals surface area contributed by atoms with Gasteiger partial charge in [0.25, 0.3) is 0 Å². The van der Waals surface area contributed by atoms with Crippen LogP contribution in [0.5, 0.6) is 5.75 Å². The zero-order valence-corrected chi connectivity index (χ0v) is 19.3. The molecule has 2 aromatic heterocycles. The summed E-state index contributed by atoms with van der Waals surface area (Å²) in [6.07, 6.45) is 4.63. The van der Waals surface area contributed by atoms with Gasteiger partial charge >= 0.3 is 5.97 Å². The van der Waals surface area contributed by atoms with Crippen molar-refractivity contribution < 1.29 is 19.7 Å². The number of hydrogen-bond acceptors (Lipinski definition) is 7. The summed E-state index contributed by atoms with van der Waals surface area (Å²) in [5.41, 5.74) is 1.59. The lowest BCUT2D eigenvalue weighted by Gasteiger charge is -2.36. The van der Waals surface area contributed by atoms with E-state index in [0.717, 1.165) is 34.4 Å². The Bertz CT molecular complexity index is 1160. The lowest BCUT2D eigenvalue weighted by atomic mass is 9.81. The van der Waals surface area contributed by atoms with Crippen molar-refractivity contribution in [1.29, 1.82) is 0 Å². The van der Waals surface area contributed by atoms with Gasteiger partial charge in [0.15, 0.2) is 5.01 Å². The Labute approximate surface area is 197 Å². The van der Waals surface area contributed by atoms with Crippen LogP contribution in [-0.4, -0.2) is 57.8 Å². The Morgan fingerprint density at radius 2 is 2.21 bits per heavy atom. The first-order chi connectivity index (χ1) is 16.0. The summed E-state index contributed by atoms with van der Waals surface area (Å²) in [7, 11) is 1.61. The molecule has 3 aromatic rings. The van der Waals surface area contributed by atoms with Gasteiger partial charge in [0.05, 0.1) is 31.2 Å². The van der Waals surface area contributed by atoms with Gasteiger partial charge in [-0.1, -0.05) is 5.92 Å². The Balaban J connectivity index is 1.38. The van der Waals surface area contributed by atoms with Gasteiger partial charge < -0.3 is 14.9 Å². The summed E-state index contributed by atoms with van der Waals surface area (Å²) in [6.45, 7) is 1.80. The molecular weight excluding hydrogens is 438 g/mol. The number of aromatic nitrogens is 2. The average Bonchev–Trinajstić information content (AvgIpc) is 3.35. The number of likely N-dealkylation sites (tertiary alicyclic amines) is 1. The molecular formula is C25H27N3O4S. The molecule has 3 atom stereocenters. The number of carboxylic acid groups (broad SMARTS) is 1. The van der Waals surface area contributed by atoms with Crippen LogP contribution in [0.3, 0.4) is 0 Å². The van der Waals surface area contributed by atoms with Crippen LogP contribution in [-0.2, 0) is 4.79 Å². The number of benzene rings is 1. The standard InChI is InChI=1S/C25H27N3O4S/c1-32-18-5-6-22-20(15-18)19(8-10-26-22)23(29)7-4-17-9-13-28(16-21(17)25(30)31)12-2-3-24-27-11-14-33-24/h5-6,8,10-11,14-15,17,21,23,29H,4,7,9,12-13,16H2,1H3,(H,30,31)/t17-,21+,23?/m1/s1. The molecule has 172 valence electrons. The first kappa shape index (κ1) is 23.2. The molecule has 2 N–H and O–H groups in total. The molecule has 0 saturated carbocycles. The number of ether oxygens (including phenoxy) is 1. The highest BCUT2D eigenvalue weighted by Crippen LogP contribution is 2.33. The fourth-order valence-corrected chi connectivity index (χ4v) is 4.94. The molecule has 1 saturated heterocycles. The number of pyridine rings is 1. The summed E-state index contributed by atoms with van der Waals surface area (Å²) in [6, 6.07) is 7.42. The van der Waals surface area contributed by atoms with Gasteiger partial charge in [-0.15, -0.1) is 11.3 Å². The van der Waals surface area contributed by atoms with E-state index in [4.69, 9.17) is 4.74 Å². The Morgan fingerprint density at radius 1 is 1.33 bits per heavy atom. The van der Waals surface area contributed by atoms with E-state index in [2.05, 4.69) is 26.7 Å². The number of rotatable bonds is 7. The normalized spacial score (nSPS) is 19.6. The second kappa shape index (κ2) is 10.8. The third-order valence-corrected chi connectivity index (χ3v) is 6.93. The molecule has 0 radical (unpaired) electrons. The highest BCUT2D eigenvalue weighted by atomic mass is 32.1. The van der Waals surface area contributed by atoms with Crippen LogP contribution in [0.4, 0.5) is 0 Å². The molecule has 1 fully saturated rings. The second-order valence-corrected chi connectivity index (χ2v) is 9.14. The summed E-state index contributed by atoms with van der Waals surface area (Å²) in [4.78, 5) is 22.6. The van der Waals surface area contributed by atoms with Crippen LogP contribution >= 0.6 is 11.3 Å². The first-order valence-electron chi connectivity index (χ1n) is 11.0. The van der Waals surface area contributed by atoms with Crippen LogP contribution in [0.15, 0.2) is 42.0 Å². The minimum atomic E-state index is -0.786. The van der Waals surface area contributed by atoms with E-state index < -0.39 is 18.0 Å². The molecule has 0 aliphatic carbocycles. The maximum absolute atomic E-state index is 12.0. The fraction of sp³-hybridized carbons (Fsp3) is 0.400. The van der Waals surface area contributed by atoms with Gasteiger partial charge in [0.2, 0.25) is 0 Å². The van der Waals surface area contributed by atoms with Gasteiger partial charge in [-0.2, -0.15) is 0 Å². The number of methoxy groups -OCH3 is 1. The lowest BCUT2D eigenvalue weighted by molar-refractivity contribution is -0.146. The number of hydrogen-bond donors (Lipinski definition) is 2. The van der Waals surface area contributed by atoms with E-state index in [1.165, 1.54) is 11.3 Å². The number of aliphatic hydroxyl groups is 1. The third kappa shape index (κ3) is 5.69. The van der Waals surface area contributed by atoms with Crippen LogP contribution in [0.2, 0.25) is 0 Å². The number of nitrogens with zero attached hydrogens (tertiary/aromatic N) is 3. The number of carbonyl (C=O) groups is 1. The largest absolute Gasteiger partial charge is 0.497 e.